The van der Waals surface area contributed by atoms with Crippen LogP contribution in [0, 0.1) is 5.92 Å². The summed E-state index contributed by atoms with van der Waals surface area (Å²) >= 11 is 14.5. The Kier molecular flexibility index (Phi) is 9.65. The van der Waals surface area contributed by atoms with Crippen molar-refractivity contribution in [2.24, 2.45) is 5.92 Å². The Bertz CT molecular complexity index is 1210. The minimum Gasteiger partial charge on any atom is -0.367 e. The number of benzene rings is 2. The van der Waals surface area contributed by atoms with E-state index in [1.807, 2.05) is 41.3 Å². The third-order valence-electron chi connectivity index (χ3n) is 6.54. The first-order valence-electron chi connectivity index (χ1n) is 12.5. The SMILES string of the molecule is CC(C)CCN(CC(=O)N1CCc2sccc2C1c1ccc(Cl)cc1Cl)C(=O)COCc1ccccc1. The fourth-order valence-corrected chi connectivity index (χ4v) is 5.94. The van der Waals surface area contributed by atoms with Crippen molar-refractivity contribution in [2.45, 2.75) is 39.3 Å². The normalized spacial score (nSPS) is 15.1. The molecule has 2 aromatic carbocycles. The summed E-state index contributed by atoms with van der Waals surface area (Å²) in [5.74, 6) is 0.117. The van der Waals surface area contributed by atoms with Gasteiger partial charge in [-0.15, -0.1) is 11.3 Å². The Morgan fingerprint density at radius 1 is 1.11 bits per heavy atom. The molecule has 5 nitrogen and oxygen atoms in total. The summed E-state index contributed by atoms with van der Waals surface area (Å²) in [7, 11) is 0. The number of thiophene rings is 1. The third-order valence-corrected chi connectivity index (χ3v) is 8.09. The van der Waals surface area contributed by atoms with Gasteiger partial charge in [0.1, 0.15) is 6.61 Å². The minimum absolute atomic E-state index is 0.00142. The van der Waals surface area contributed by atoms with Crippen molar-refractivity contribution in [1.82, 2.24) is 9.80 Å². The van der Waals surface area contributed by atoms with Crippen LogP contribution in [0.1, 0.15) is 47.9 Å². The Hall–Kier alpha value is -2.38. The lowest BCUT2D eigenvalue weighted by molar-refractivity contribution is -0.144. The summed E-state index contributed by atoms with van der Waals surface area (Å²) in [5.41, 5.74) is 2.92. The molecule has 0 N–H and O–H groups in total. The van der Waals surface area contributed by atoms with Crippen molar-refractivity contribution in [1.29, 1.82) is 0 Å². The Morgan fingerprint density at radius 2 is 1.89 bits per heavy atom. The summed E-state index contributed by atoms with van der Waals surface area (Å²) < 4.78 is 5.71. The van der Waals surface area contributed by atoms with E-state index in [-0.39, 0.29) is 31.0 Å². The molecule has 1 aliphatic heterocycles. The number of fused-ring (bicyclic) bond motifs is 1. The monoisotopic (exact) mass is 558 g/mol. The van der Waals surface area contributed by atoms with Crippen molar-refractivity contribution >= 4 is 46.4 Å². The molecule has 0 saturated heterocycles. The lowest BCUT2D eigenvalue weighted by Gasteiger charge is -2.38. The van der Waals surface area contributed by atoms with Gasteiger partial charge < -0.3 is 14.5 Å². The second-order valence-corrected chi connectivity index (χ2v) is 11.5. The minimum atomic E-state index is -0.316. The first kappa shape index (κ1) is 27.6. The summed E-state index contributed by atoms with van der Waals surface area (Å²) in [6.45, 7) is 5.56. The van der Waals surface area contributed by atoms with Crippen LogP contribution in [0.3, 0.4) is 0 Å². The van der Waals surface area contributed by atoms with E-state index < -0.39 is 0 Å². The molecule has 0 fully saturated rings. The molecular formula is C29H32Cl2N2O3S. The highest BCUT2D eigenvalue weighted by Gasteiger charge is 2.35. The molecular weight excluding hydrogens is 527 g/mol. The van der Waals surface area contributed by atoms with Gasteiger partial charge in [0.2, 0.25) is 11.8 Å². The molecule has 8 heteroatoms. The highest BCUT2D eigenvalue weighted by atomic mass is 35.5. The van der Waals surface area contributed by atoms with Gasteiger partial charge in [-0.05, 0) is 59.0 Å². The van der Waals surface area contributed by atoms with Crippen LogP contribution in [0.25, 0.3) is 0 Å². The van der Waals surface area contributed by atoms with E-state index in [0.717, 1.165) is 29.5 Å². The van der Waals surface area contributed by atoms with Crippen LogP contribution >= 0.6 is 34.5 Å². The maximum Gasteiger partial charge on any atom is 0.249 e. The summed E-state index contributed by atoms with van der Waals surface area (Å²) in [6, 6.07) is 16.9. The van der Waals surface area contributed by atoms with Gasteiger partial charge in [-0.3, -0.25) is 9.59 Å². The number of carbonyl (C=O) groups is 2. The van der Waals surface area contributed by atoms with Crippen LogP contribution in [-0.4, -0.2) is 47.9 Å². The largest absolute Gasteiger partial charge is 0.367 e. The number of hydrogen-bond acceptors (Lipinski definition) is 4. The van der Waals surface area contributed by atoms with Crippen LogP contribution in [0.5, 0.6) is 0 Å². The highest BCUT2D eigenvalue weighted by Crippen LogP contribution is 2.41. The smallest absolute Gasteiger partial charge is 0.249 e. The average molecular weight is 560 g/mol. The molecule has 196 valence electrons. The fraction of sp³-hybridized carbons (Fsp3) is 0.379. The molecule has 3 aromatic rings. The lowest BCUT2D eigenvalue weighted by Crippen LogP contribution is -2.47. The fourth-order valence-electron chi connectivity index (χ4n) is 4.53. The van der Waals surface area contributed by atoms with Crippen molar-refractivity contribution in [2.75, 3.05) is 26.2 Å². The van der Waals surface area contributed by atoms with Crippen LogP contribution in [0.15, 0.2) is 60.0 Å². The number of carbonyl (C=O) groups excluding carboxylic acids is 2. The molecule has 0 saturated carbocycles. The average Bonchev–Trinajstić information content (AvgIpc) is 3.35. The van der Waals surface area contributed by atoms with Crippen LogP contribution < -0.4 is 0 Å². The zero-order valence-corrected chi connectivity index (χ0v) is 23.5. The molecule has 2 amide bonds. The predicted octanol–water partition coefficient (Wildman–Crippen LogP) is 6.62. The van der Waals surface area contributed by atoms with E-state index in [4.69, 9.17) is 27.9 Å². The van der Waals surface area contributed by atoms with Gasteiger partial charge in [0.05, 0.1) is 19.2 Å². The molecule has 37 heavy (non-hydrogen) atoms. The summed E-state index contributed by atoms with van der Waals surface area (Å²) in [5, 5.41) is 3.13. The molecule has 0 aliphatic carbocycles. The van der Waals surface area contributed by atoms with Crippen molar-refractivity contribution < 1.29 is 14.3 Å². The van der Waals surface area contributed by atoms with Gasteiger partial charge in [0.15, 0.2) is 0 Å². The van der Waals surface area contributed by atoms with Gasteiger partial charge in [0.25, 0.3) is 0 Å². The van der Waals surface area contributed by atoms with Crippen molar-refractivity contribution in [3.8, 4) is 0 Å². The first-order valence-corrected chi connectivity index (χ1v) is 14.2. The third kappa shape index (κ3) is 7.14. The molecule has 1 unspecified atom stereocenters. The Balaban J connectivity index is 1.51. The van der Waals surface area contributed by atoms with Crippen molar-refractivity contribution in [3.63, 3.8) is 0 Å². The van der Waals surface area contributed by atoms with E-state index in [2.05, 4.69) is 25.3 Å². The number of rotatable bonds is 10. The van der Waals surface area contributed by atoms with E-state index in [1.54, 1.807) is 28.4 Å². The van der Waals surface area contributed by atoms with E-state index >= 15 is 0 Å². The molecule has 0 bridgehead atoms. The molecule has 4 rings (SSSR count). The van der Waals surface area contributed by atoms with Gasteiger partial charge in [-0.2, -0.15) is 0 Å². The Labute approximate surface area is 232 Å². The van der Waals surface area contributed by atoms with Crippen molar-refractivity contribution in [3.05, 3.63) is 91.6 Å². The summed E-state index contributed by atoms with van der Waals surface area (Å²) in [4.78, 5) is 31.7. The molecule has 0 spiro atoms. The standard InChI is InChI=1S/C29H32Cl2N2O3S/c1-20(2)10-13-32(28(35)19-36-18-21-6-4-3-5-7-21)17-27(34)33-14-11-26-24(12-15-37-26)29(33)23-9-8-22(30)16-25(23)31/h3-9,12,15-16,20,29H,10-11,13-14,17-19H2,1-2H3. The number of nitrogens with zero attached hydrogens (tertiary/aromatic N) is 2. The van der Waals surface area contributed by atoms with Gasteiger partial charge >= 0.3 is 0 Å². The maximum atomic E-state index is 13.8. The van der Waals surface area contributed by atoms with E-state index in [1.165, 1.54) is 4.88 Å². The molecule has 2 heterocycles. The molecule has 1 aromatic heterocycles. The second-order valence-electron chi connectivity index (χ2n) is 9.68. The Morgan fingerprint density at radius 3 is 2.62 bits per heavy atom. The molecule has 1 atom stereocenters. The molecule has 0 radical (unpaired) electrons. The topological polar surface area (TPSA) is 49.9 Å². The number of amides is 2. The zero-order valence-electron chi connectivity index (χ0n) is 21.2. The van der Waals surface area contributed by atoms with Crippen LogP contribution in [-0.2, 0) is 27.4 Å². The van der Waals surface area contributed by atoms with E-state index in [9.17, 15) is 9.59 Å². The highest BCUT2D eigenvalue weighted by molar-refractivity contribution is 7.10. The summed E-state index contributed by atoms with van der Waals surface area (Å²) in [6.07, 6.45) is 1.58. The maximum absolute atomic E-state index is 13.8. The lowest BCUT2D eigenvalue weighted by atomic mass is 9.93. The molecule has 1 aliphatic rings. The number of halogens is 2. The van der Waals surface area contributed by atoms with Gasteiger partial charge in [0, 0.05) is 28.0 Å². The van der Waals surface area contributed by atoms with Gasteiger partial charge in [-0.25, -0.2) is 0 Å². The number of ether oxygens (including phenoxy) is 1. The van der Waals surface area contributed by atoms with E-state index in [0.29, 0.717) is 35.7 Å². The number of hydrogen-bond donors (Lipinski definition) is 0. The first-order chi connectivity index (χ1) is 17.8. The zero-order chi connectivity index (χ0) is 26.4. The van der Waals surface area contributed by atoms with Crippen LogP contribution in [0.2, 0.25) is 10.0 Å². The second kappa shape index (κ2) is 12.9. The van der Waals surface area contributed by atoms with Crippen LogP contribution in [0.4, 0.5) is 0 Å². The predicted molar refractivity (Wildman–Crippen MR) is 150 cm³/mol. The van der Waals surface area contributed by atoms with Gasteiger partial charge in [-0.1, -0.05) is 73.4 Å². The quantitative estimate of drug-likeness (QED) is 0.281.